The number of amides is 3. The van der Waals surface area contributed by atoms with Crippen molar-refractivity contribution in [3.63, 3.8) is 0 Å². The SMILES string of the molecule is CN[C@@H](C)C(=O)N[C@@H](CCc1ccccc1)C(=O)N1C[C@@H](C)C[C@H]1C(=O)N[C@@H]1CCCc2ccccc21. The molecule has 0 radical (unpaired) electrons. The molecule has 1 fully saturated rings. The monoisotopic (exact) mass is 504 g/mol. The molecular formula is C30H40N4O3. The van der Waals surface area contributed by atoms with Crippen LogP contribution >= 0.6 is 0 Å². The molecule has 1 heterocycles. The average Bonchev–Trinajstić information content (AvgIpc) is 3.32. The van der Waals surface area contributed by atoms with E-state index >= 15 is 0 Å². The fraction of sp³-hybridized carbons (Fsp3) is 0.500. The first-order valence-corrected chi connectivity index (χ1v) is 13.6. The van der Waals surface area contributed by atoms with Gasteiger partial charge in [0.25, 0.3) is 0 Å². The molecular weight excluding hydrogens is 464 g/mol. The number of rotatable bonds is 9. The van der Waals surface area contributed by atoms with Crippen LogP contribution in [-0.4, -0.2) is 54.3 Å². The molecule has 1 aliphatic heterocycles. The van der Waals surface area contributed by atoms with Crippen molar-refractivity contribution in [2.24, 2.45) is 5.92 Å². The number of carbonyl (C=O) groups excluding carboxylic acids is 3. The first-order valence-electron chi connectivity index (χ1n) is 13.6. The third kappa shape index (κ3) is 6.58. The molecule has 3 N–H and O–H groups in total. The van der Waals surface area contributed by atoms with E-state index in [2.05, 4.69) is 35.0 Å². The Kier molecular flexibility index (Phi) is 8.98. The Morgan fingerprint density at radius 1 is 1.05 bits per heavy atom. The van der Waals surface area contributed by atoms with Crippen LogP contribution in [0.1, 0.15) is 62.3 Å². The highest BCUT2D eigenvalue weighted by Gasteiger charge is 2.41. The van der Waals surface area contributed by atoms with Gasteiger partial charge in [0.2, 0.25) is 17.7 Å². The van der Waals surface area contributed by atoms with Crippen LogP contribution in [0.5, 0.6) is 0 Å². The van der Waals surface area contributed by atoms with Crippen LogP contribution in [0.15, 0.2) is 54.6 Å². The summed E-state index contributed by atoms with van der Waals surface area (Å²) in [5.74, 6) is -0.293. The molecule has 4 rings (SSSR count). The highest BCUT2D eigenvalue weighted by atomic mass is 16.2. The number of hydrogen-bond acceptors (Lipinski definition) is 4. The van der Waals surface area contributed by atoms with Crippen LogP contribution in [0.2, 0.25) is 0 Å². The standard InChI is InChI=1S/C30H40N4O3/c1-20-18-27(29(36)32-25-15-9-13-23-12-7-8-14-24(23)25)34(19-20)30(37)26(33-28(35)21(2)31-3)17-16-22-10-5-4-6-11-22/h4-8,10-12,14,20-21,25-27,31H,9,13,15-19H2,1-3H3,(H,32,36)(H,33,35)/t20-,21-,25+,26-,27-/m0/s1. The van der Waals surface area contributed by atoms with Crippen LogP contribution in [0.3, 0.4) is 0 Å². The maximum Gasteiger partial charge on any atom is 0.245 e. The van der Waals surface area contributed by atoms with E-state index < -0.39 is 18.1 Å². The molecule has 2 aromatic carbocycles. The third-order valence-electron chi connectivity index (χ3n) is 7.79. The molecule has 1 saturated heterocycles. The molecule has 198 valence electrons. The van der Waals surface area contributed by atoms with E-state index in [4.69, 9.17) is 0 Å². The van der Waals surface area contributed by atoms with Gasteiger partial charge in [-0.25, -0.2) is 0 Å². The number of nitrogens with zero attached hydrogens (tertiary/aromatic N) is 1. The highest BCUT2D eigenvalue weighted by molar-refractivity contribution is 5.93. The van der Waals surface area contributed by atoms with Gasteiger partial charge in [-0.3, -0.25) is 14.4 Å². The van der Waals surface area contributed by atoms with E-state index in [0.717, 1.165) is 24.8 Å². The van der Waals surface area contributed by atoms with Gasteiger partial charge in [-0.2, -0.15) is 0 Å². The number of benzene rings is 2. The molecule has 37 heavy (non-hydrogen) atoms. The summed E-state index contributed by atoms with van der Waals surface area (Å²) >= 11 is 0. The van der Waals surface area contributed by atoms with Crippen molar-refractivity contribution in [3.05, 3.63) is 71.3 Å². The van der Waals surface area contributed by atoms with Gasteiger partial charge < -0.3 is 20.9 Å². The molecule has 2 aliphatic rings. The Hall–Kier alpha value is -3.19. The van der Waals surface area contributed by atoms with E-state index in [1.165, 1.54) is 11.1 Å². The number of carbonyl (C=O) groups is 3. The van der Waals surface area contributed by atoms with Gasteiger partial charge in [-0.1, -0.05) is 61.5 Å². The molecule has 5 atom stereocenters. The maximum absolute atomic E-state index is 13.9. The average molecular weight is 505 g/mol. The second kappa shape index (κ2) is 12.4. The van der Waals surface area contributed by atoms with Gasteiger partial charge in [0.1, 0.15) is 12.1 Å². The lowest BCUT2D eigenvalue weighted by Gasteiger charge is -2.32. The zero-order valence-electron chi connectivity index (χ0n) is 22.2. The van der Waals surface area contributed by atoms with Crippen molar-refractivity contribution in [3.8, 4) is 0 Å². The fourth-order valence-corrected chi connectivity index (χ4v) is 5.55. The molecule has 0 spiro atoms. The van der Waals surface area contributed by atoms with Crippen LogP contribution in [-0.2, 0) is 27.2 Å². The number of likely N-dealkylation sites (N-methyl/N-ethyl adjacent to an activating group) is 1. The Labute approximate surface area is 220 Å². The summed E-state index contributed by atoms with van der Waals surface area (Å²) in [5.41, 5.74) is 3.57. The minimum Gasteiger partial charge on any atom is -0.347 e. The second-order valence-electron chi connectivity index (χ2n) is 10.6. The minimum absolute atomic E-state index is 0.0321. The Morgan fingerprint density at radius 3 is 2.54 bits per heavy atom. The van der Waals surface area contributed by atoms with Gasteiger partial charge in [-0.05, 0) is 75.1 Å². The number of nitrogens with one attached hydrogen (secondary N) is 3. The van der Waals surface area contributed by atoms with Gasteiger partial charge in [-0.15, -0.1) is 0 Å². The topological polar surface area (TPSA) is 90.5 Å². The lowest BCUT2D eigenvalue weighted by Crippen LogP contribution is -2.56. The zero-order chi connectivity index (χ0) is 26.4. The number of hydrogen-bond donors (Lipinski definition) is 3. The summed E-state index contributed by atoms with van der Waals surface area (Å²) in [6, 6.07) is 16.6. The largest absolute Gasteiger partial charge is 0.347 e. The van der Waals surface area contributed by atoms with Crippen LogP contribution in [0.25, 0.3) is 0 Å². The summed E-state index contributed by atoms with van der Waals surface area (Å²) in [6.45, 7) is 4.35. The first kappa shape index (κ1) is 26.9. The van der Waals surface area contributed by atoms with Crippen molar-refractivity contribution < 1.29 is 14.4 Å². The van der Waals surface area contributed by atoms with E-state index in [0.29, 0.717) is 25.8 Å². The predicted molar refractivity (Wildman–Crippen MR) is 145 cm³/mol. The molecule has 0 saturated carbocycles. The Morgan fingerprint density at radius 2 is 1.78 bits per heavy atom. The number of likely N-dealkylation sites (tertiary alicyclic amines) is 1. The maximum atomic E-state index is 13.9. The molecule has 0 bridgehead atoms. The lowest BCUT2D eigenvalue weighted by molar-refractivity contribution is -0.142. The summed E-state index contributed by atoms with van der Waals surface area (Å²) < 4.78 is 0. The molecule has 0 unspecified atom stereocenters. The van der Waals surface area contributed by atoms with Crippen LogP contribution < -0.4 is 16.0 Å². The van der Waals surface area contributed by atoms with Crippen molar-refractivity contribution >= 4 is 17.7 Å². The summed E-state index contributed by atoms with van der Waals surface area (Å²) in [6.07, 6.45) is 4.71. The van der Waals surface area contributed by atoms with Gasteiger partial charge in [0.15, 0.2) is 0 Å². The third-order valence-corrected chi connectivity index (χ3v) is 7.79. The normalized spacial score (nSPS) is 22.6. The van der Waals surface area contributed by atoms with E-state index in [9.17, 15) is 14.4 Å². The summed E-state index contributed by atoms with van der Waals surface area (Å²) in [7, 11) is 1.72. The molecule has 0 aromatic heterocycles. The van der Waals surface area contributed by atoms with Crippen molar-refractivity contribution in [2.45, 2.75) is 76.5 Å². The Bertz CT molecular complexity index is 1090. The van der Waals surface area contributed by atoms with E-state index in [-0.39, 0.29) is 29.7 Å². The lowest BCUT2D eigenvalue weighted by atomic mass is 9.87. The minimum atomic E-state index is -0.695. The van der Waals surface area contributed by atoms with Crippen molar-refractivity contribution in [1.82, 2.24) is 20.9 Å². The number of aryl methyl sites for hydroxylation is 2. The number of fused-ring (bicyclic) bond motifs is 1. The van der Waals surface area contributed by atoms with Gasteiger partial charge in [0.05, 0.1) is 12.1 Å². The van der Waals surface area contributed by atoms with Crippen LogP contribution in [0.4, 0.5) is 0 Å². The zero-order valence-corrected chi connectivity index (χ0v) is 22.2. The van der Waals surface area contributed by atoms with Crippen molar-refractivity contribution in [2.75, 3.05) is 13.6 Å². The second-order valence-corrected chi connectivity index (χ2v) is 10.6. The molecule has 3 amide bonds. The summed E-state index contributed by atoms with van der Waals surface area (Å²) in [5, 5.41) is 9.16. The molecule has 1 aliphatic carbocycles. The van der Waals surface area contributed by atoms with Gasteiger partial charge in [0, 0.05) is 6.54 Å². The smallest absolute Gasteiger partial charge is 0.245 e. The quantitative estimate of drug-likeness (QED) is 0.489. The van der Waals surface area contributed by atoms with Gasteiger partial charge >= 0.3 is 0 Å². The molecule has 7 heteroatoms. The Balaban J connectivity index is 1.49. The van der Waals surface area contributed by atoms with Crippen molar-refractivity contribution in [1.29, 1.82) is 0 Å². The molecule has 2 aromatic rings. The van der Waals surface area contributed by atoms with E-state index in [1.807, 2.05) is 42.5 Å². The highest BCUT2D eigenvalue weighted by Crippen LogP contribution is 2.31. The summed E-state index contributed by atoms with van der Waals surface area (Å²) in [4.78, 5) is 41.9. The predicted octanol–water partition coefficient (Wildman–Crippen LogP) is 3.14. The first-order chi connectivity index (χ1) is 17.9. The molecule has 7 nitrogen and oxygen atoms in total. The fourth-order valence-electron chi connectivity index (χ4n) is 5.55. The van der Waals surface area contributed by atoms with Crippen LogP contribution in [0, 0.1) is 5.92 Å². The van der Waals surface area contributed by atoms with E-state index in [1.54, 1.807) is 18.9 Å².